The van der Waals surface area contributed by atoms with Gasteiger partial charge >= 0.3 is 0 Å². The van der Waals surface area contributed by atoms with Crippen LogP contribution in [-0.4, -0.2) is 0 Å². The topological polar surface area (TPSA) is 26.0 Å². The highest BCUT2D eigenvalue weighted by Gasteiger charge is 2.16. The van der Waals surface area contributed by atoms with Gasteiger partial charge in [0.25, 0.3) is 0 Å². The Balaban J connectivity index is 2.24. The fourth-order valence-electron chi connectivity index (χ4n) is 1.81. The first-order valence-corrected chi connectivity index (χ1v) is 6.32. The molecular weight excluding hydrogens is 300 g/mol. The molecule has 0 fully saturated rings. The number of hydrogen-bond donors (Lipinski definition) is 1. The van der Waals surface area contributed by atoms with E-state index in [1.165, 1.54) is 6.07 Å². The summed E-state index contributed by atoms with van der Waals surface area (Å²) in [7, 11) is 0. The second-order valence-electron chi connectivity index (χ2n) is 4.06. The van der Waals surface area contributed by atoms with E-state index in [4.69, 9.17) is 5.73 Å². The SMILES string of the molecule is NC(Cc1ccccc1)c1ccc(F)c(F)c1Br. The molecule has 2 N–H and O–H groups in total. The monoisotopic (exact) mass is 311 g/mol. The minimum absolute atomic E-state index is 0.103. The Bertz CT molecular complexity index is 543. The van der Waals surface area contributed by atoms with Crippen LogP contribution in [0.15, 0.2) is 46.9 Å². The summed E-state index contributed by atoms with van der Waals surface area (Å²) in [4.78, 5) is 0. The molecule has 0 heterocycles. The molecule has 0 saturated carbocycles. The van der Waals surface area contributed by atoms with Gasteiger partial charge in [0.1, 0.15) is 0 Å². The third-order valence-corrected chi connectivity index (χ3v) is 3.57. The van der Waals surface area contributed by atoms with E-state index in [1.807, 2.05) is 30.3 Å². The van der Waals surface area contributed by atoms with E-state index in [0.717, 1.165) is 11.6 Å². The van der Waals surface area contributed by atoms with Gasteiger partial charge in [-0.3, -0.25) is 0 Å². The molecule has 1 atom stereocenters. The van der Waals surface area contributed by atoms with Gasteiger partial charge < -0.3 is 5.73 Å². The Labute approximate surface area is 113 Å². The van der Waals surface area contributed by atoms with Crippen molar-refractivity contribution in [2.45, 2.75) is 12.5 Å². The summed E-state index contributed by atoms with van der Waals surface area (Å²) in [5.74, 6) is -1.77. The second kappa shape index (κ2) is 5.59. The Kier molecular flexibility index (Phi) is 4.09. The van der Waals surface area contributed by atoms with Crippen LogP contribution in [0.1, 0.15) is 17.2 Å². The third-order valence-electron chi connectivity index (χ3n) is 2.76. The number of rotatable bonds is 3. The molecule has 0 spiro atoms. The molecule has 18 heavy (non-hydrogen) atoms. The second-order valence-corrected chi connectivity index (χ2v) is 4.85. The average molecular weight is 312 g/mol. The van der Waals surface area contributed by atoms with Gasteiger partial charge in [0.15, 0.2) is 11.6 Å². The number of hydrogen-bond acceptors (Lipinski definition) is 1. The van der Waals surface area contributed by atoms with Gasteiger partial charge in [0.05, 0.1) is 4.47 Å². The lowest BCUT2D eigenvalue weighted by Crippen LogP contribution is -2.14. The molecular formula is C14H12BrF2N. The first kappa shape index (κ1) is 13.2. The third kappa shape index (κ3) is 2.76. The van der Waals surface area contributed by atoms with E-state index in [2.05, 4.69) is 15.9 Å². The number of benzene rings is 2. The van der Waals surface area contributed by atoms with Gasteiger partial charge in [0.2, 0.25) is 0 Å². The highest BCUT2D eigenvalue weighted by atomic mass is 79.9. The molecule has 2 rings (SSSR count). The summed E-state index contributed by atoms with van der Waals surface area (Å²) >= 11 is 3.05. The smallest absolute Gasteiger partial charge is 0.173 e. The molecule has 0 saturated heterocycles. The fourth-order valence-corrected chi connectivity index (χ4v) is 2.42. The van der Waals surface area contributed by atoms with Gasteiger partial charge in [-0.05, 0) is 39.5 Å². The minimum atomic E-state index is -0.893. The maximum Gasteiger partial charge on any atom is 0.173 e. The maximum absolute atomic E-state index is 13.4. The van der Waals surface area contributed by atoms with E-state index in [1.54, 1.807) is 0 Å². The zero-order chi connectivity index (χ0) is 13.1. The van der Waals surface area contributed by atoms with E-state index >= 15 is 0 Å². The Hall–Kier alpha value is -1.26. The van der Waals surface area contributed by atoms with E-state index in [0.29, 0.717) is 12.0 Å². The maximum atomic E-state index is 13.4. The van der Waals surface area contributed by atoms with Crippen molar-refractivity contribution in [3.05, 3.63) is 69.7 Å². The van der Waals surface area contributed by atoms with Crippen LogP contribution in [0.4, 0.5) is 8.78 Å². The standard InChI is InChI=1S/C14H12BrF2N/c15-13-10(6-7-11(16)14(13)17)12(18)8-9-4-2-1-3-5-9/h1-7,12H,8,18H2. The van der Waals surface area contributed by atoms with Gasteiger partial charge in [-0.25, -0.2) is 8.78 Å². The van der Waals surface area contributed by atoms with Gasteiger partial charge in [-0.2, -0.15) is 0 Å². The van der Waals surface area contributed by atoms with Crippen LogP contribution in [0.3, 0.4) is 0 Å². The van der Waals surface area contributed by atoms with Crippen LogP contribution in [0.5, 0.6) is 0 Å². The average Bonchev–Trinajstić information content (AvgIpc) is 2.37. The highest BCUT2D eigenvalue weighted by molar-refractivity contribution is 9.10. The molecule has 2 aromatic carbocycles. The molecule has 4 heteroatoms. The first-order valence-electron chi connectivity index (χ1n) is 5.52. The zero-order valence-electron chi connectivity index (χ0n) is 9.54. The predicted octanol–water partition coefficient (Wildman–Crippen LogP) is 3.97. The molecule has 2 aromatic rings. The van der Waals surface area contributed by atoms with E-state index in [9.17, 15) is 8.78 Å². The number of halogens is 3. The van der Waals surface area contributed by atoms with Crippen molar-refractivity contribution in [1.29, 1.82) is 0 Å². The van der Waals surface area contributed by atoms with Crippen molar-refractivity contribution in [1.82, 2.24) is 0 Å². The van der Waals surface area contributed by atoms with Gasteiger partial charge in [-0.15, -0.1) is 0 Å². The molecule has 1 nitrogen and oxygen atoms in total. The van der Waals surface area contributed by atoms with Crippen LogP contribution in [0.2, 0.25) is 0 Å². The largest absolute Gasteiger partial charge is 0.324 e. The van der Waals surface area contributed by atoms with E-state index in [-0.39, 0.29) is 10.5 Å². The van der Waals surface area contributed by atoms with Crippen LogP contribution in [0.25, 0.3) is 0 Å². The minimum Gasteiger partial charge on any atom is -0.324 e. The van der Waals surface area contributed by atoms with Gasteiger partial charge in [-0.1, -0.05) is 36.4 Å². The molecule has 0 bridgehead atoms. The van der Waals surface area contributed by atoms with Crippen molar-refractivity contribution in [2.24, 2.45) is 5.73 Å². The lowest BCUT2D eigenvalue weighted by molar-refractivity contribution is 0.500. The predicted molar refractivity (Wildman–Crippen MR) is 71.1 cm³/mol. The molecule has 0 aliphatic rings. The summed E-state index contributed by atoms with van der Waals surface area (Å²) in [6.07, 6.45) is 0.574. The van der Waals surface area contributed by atoms with Crippen LogP contribution in [-0.2, 0) is 6.42 Å². The summed E-state index contributed by atoms with van der Waals surface area (Å²) < 4.78 is 26.5. The molecule has 1 unspecified atom stereocenters. The van der Waals surface area contributed by atoms with Crippen molar-refractivity contribution in [2.75, 3.05) is 0 Å². The van der Waals surface area contributed by atoms with Crippen molar-refractivity contribution in [3.8, 4) is 0 Å². The molecule has 94 valence electrons. The molecule has 0 aromatic heterocycles. The molecule has 0 aliphatic carbocycles. The summed E-state index contributed by atoms with van der Waals surface area (Å²) in [5, 5.41) is 0. The number of nitrogens with two attached hydrogens (primary N) is 1. The Morgan fingerprint density at radius 1 is 1.06 bits per heavy atom. The molecule has 0 radical (unpaired) electrons. The van der Waals surface area contributed by atoms with Crippen molar-refractivity contribution < 1.29 is 8.78 Å². The van der Waals surface area contributed by atoms with Crippen LogP contribution < -0.4 is 5.73 Å². The van der Waals surface area contributed by atoms with E-state index < -0.39 is 11.6 Å². The zero-order valence-corrected chi connectivity index (χ0v) is 11.1. The quantitative estimate of drug-likeness (QED) is 0.853. The fraction of sp³-hybridized carbons (Fsp3) is 0.143. The summed E-state index contributed by atoms with van der Waals surface area (Å²) in [6, 6.07) is 11.9. The normalized spacial score (nSPS) is 12.4. The lowest BCUT2D eigenvalue weighted by Gasteiger charge is -2.14. The van der Waals surface area contributed by atoms with Crippen molar-refractivity contribution in [3.63, 3.8) is 0 Å². The summed E-state index contributed by atoms with van der Waals surface area (Å²) in [6.45, 7) is 0. The van der Waals surface area contributed by atoms with Crippen LogP contribution >= 0.6 is 15.9 Å². The molecule has 0 aliphatic heterocycles. The lowest BCUT2D eigenvalue weighted by atomic mass is 9.99. The highest BCUT2D eigenvalue weighted by Crippen LogP contribution is 2.28. The Morgan fingerprint density at radius 2 is 1.72 bits per heavy atom. The molecule has 0 amide bonds. The Morgan fingerprint density at radius 3 is 2.39 bits per heavy atom. The van der Waals surface area contributed by atoms with Crippen LogP contribution in [0, 0.1) is 11.6 Å². The summed E-state index contributed by atoms with van der Waals surface area (Å²) in [5.41, 5.74) is 7.65. The van der Waals surface area contributed by atoms with Gasteiger partial charge in [0, 0.05) is 6.04 Å². The first-order chi connectivity index (χ1) is 8.59. The van der Waals surface area contributed by atoms with Crippen molar-refractivity contribution >= 4 is 15.9 Å².